The van der Waals surface area contributed by atoms with E-state index in [-0.39, 0.29) is 1.43 Å². The maximum atomic E-state index is 7.00. The summed E-state index contributed by atoms with van der Waals surface area (Å²) in [6.07, 6.45) is 7.40. The molecule has 29 heavy (non-hydrogen) atoms. The van der Waals surface area contributed by atoms with Crippen LogP contribution in [0.3, 0.4) is 0 Å². The quantitative estimate of drug-likeness (QED) is 0.400. The van der Waals surface area contributed by atoms with Crippen LogP contribution in [0.1, 0.15) is 86.2 Å². The summed E-state index contributed by atoms with van der Waals surface area (Å²) in [5.74, 6) is 1.83. The molecule has 0 bridgehead atoms. The molecule has 0 heterocycles. The van der Waals surface area contributed by atoms with E-state index in [4.69, 9.17) is 14.6 Å². The third-order valence-corrected chi connectivity index (χ3v) is 5.29. The van der Waals surface area contributed by atoms with E-state index in [2.05, 4.69) is 58.1 Å². The molecule has 1 saturated carbocycles. The van der Waals surface area contributed by atoms with Gasteiger partial charge in [0, 0.05) is 21.2 Å². The molecular weight excluding hydrogens is 362 g/mol. The van der Waals surface area contributed by atoms with Crippen LogP contribution in [0.5, 0.6) is 5.75 Å². The van der Waals surface area contributed by atoms with E-state index in [0.717, 1.165) is 45.0 Å². The average Bonchev–Trinajstić information content (AvgIpc) is 3.58. The lowest BCUT2D eigenvalue weighted by Gasteiger charge is -2.21. The summed E-state index contributed by atoms with van der Waals surface area (Å²) in [6.45, 7) is 13.8. The van der Waals surface area contributed by atoms with Crippen LogP contribution in [0.25, 0.3) is 0 Å². The highest BCUT2D eigenvalue weighted by Crippen LogP contribution is 2.30. The highest BCUT2D eigenvalue weighted by atomic mass is 16.5. The topological polar surface area (TPSA) is 50.7 Å². The Hall–Kier alpha value is -1.10. The predicted octanol–water partition coefficient (Wildman–Crippen LogP) is 6.24. The monoisotopic (exact) mass is 411 g/mol. The number of aliphatic hydroxyl groups excluding tert-OH is 1. The summed E-state index contributed by atoms with van der Waals surface area (Å²) in [5.41, 5.74) is 1.69. The summed E-state index contributed by atoms with van der Waals surface area (Å²) >= 11 is 0. The van der Waals surface area contributed by atoms with Crippen LogP contribution in [0.2, 0.25) is 0 Å². The van der Waals surface area contributed by atoms with Crippen LogP contribution < -0.4 is 10.1 Å². The Morgan fingerprint density at radius 3 is 2.41 bits per heavy atom. The molecule has 1 atom stereocenters. The van der Waals surface area contributed by atoms with Gasteiger partial charge in [0.1, 0.15) is 5.75 Å². The van der Waals surface area contributed by atoms with E-state index < -0.39 is 0 Å². The lowest BCUT2D eigenvalue weighted by Crippen LogP contribution is -2.18. The van der Waals surface area contributed by atoms with Crippen LogP contribution in [-0.2, 0) is 4.74 Å². The molecule has 4 nitrogen and oxygen atoms in total. The maximum absolute atomic E-state index is 7.00. The van der Waals surface area contributed by atoms with Crippen molar-refractivity contribution < 1.29 is 16.0 Å². The minimum absolute atomic E-state index is 0. The van der Waals surface area contributed by atoms with Gasteiger partial charge in [-0.05, 0) is 68.2 Å². The van der Waals surface area contributed by atoms with Gasteiger partial charge >= 0.3 is 0 Å². The van der Waals surface area contributed by atoms with Crippen molar-refractivity contribution in [3.05, 3.63) is 29.8 Å². The molecule has 4 heteroatoms. The summed E-state index contributed by atoms with van der Waals surface area (Å²) in [6, 6.07) is 8.89. The number of unbranched alkanes of at least 4 members (excludes halogenated alkanes) is 1. The molecule has 1 aliphatic rings. The molecule has 172 valence electrons. The van der Waals surface area contributed by atoms with E-state index in [1.54, 1.807) is 0 Å². The van der Waals surface area contributed by atoms with E-state index in [9.17, 15) is 0 Å². The van der Waals surface area contributed by atoms with Gasteiger partial charge in [-0.1, -0.05) is 53.2 Å². The SMILES string of the molecule is CCCCOCC(C)(C)CC.CC[C@@H](NC)c1cccc(OCC2CC2)c1.CO.[HH]. The first-order chi connectivity index (χ1) is 14.0. The highest BCUT2D eigenvalue weighted by molar-refractivity contribution is 5.30. The molecule has 2 N–H and O–H groups in total. The molecule has 0 amide bonds. The second-order valence-electron chi connectivity index (χ2n) is 8.50. The highest BCUT2D eigenvalue weighted by Gasteiger charge is 2.22. The third-order valence-electron chi connectivity index (χ3n) is 5.29. The lowest BCUT2D eigenvalue weighted by atomic mass is 9.92. The zero-order valence-corrected chi connectivity index (χ0v) is 20.1. The molecule has 1 aliphatic carbocycles. The van der Waals surface area contributed by atoms with Crippen LogP contribution in [0, 0.1) is 11.3 Å². The zero-order chi connectivity index (χ0) is 22.1. The largest absolute Gasteiger partial charge is 0.493 e. The first kappa shape index (κ1) is 27.9. The van der Waals surface area contributed by atoms with Crippen molar-refractivity contribution in [2.45, 2.75) is 79.2 Å². The number of hydrogen-bond acceptors (Lipinski definition) is 4. The molecule has 1 aromatic rings. The number of aliphatic hydroxyl groups is 1. The van der Waals surface area contributed by atoms with Gasteiger partial charge in [0.15, 0.2) is 0 Å². The fourth-order valence-corrected chi connectivity index (χ4v) is 2.62. The summed E-state index contributed by atoms with van der Waals surface area (Å²) in [7, 11) is 3.01. The number of nitrogens with one attached hydrogen (secondary N) is 1. The number of ether oxygens (including phenoxy) is 2. The Balaban J connectivity index is 0. The van der Waals surface area contributed by atoms with Gasteiger partial charge in [-0.15, -0.1) is 0 Å². The van der Waals surface area contributed by atoms with Crippen molar-refractivity contribution in [1.29, 1.82) is 0 Å². The van der Waals surface area contributed by atoms with Crippen molar-refractivity contribution in [1.82, 2.24) is 5.32 Å². The predicted molar refractivity (Wildman–Crippen MR) is 127 cm³/mol. The van der Waals surface area contributed by atoms with Gasteiger partial charge in [-0.3, -0.25) is 0 Å². The average molecular weight is 412 g/mol. The van der Waals surface area contributed by atoms with Crippen molar-refractivity contribution in [3.63, 3.8) is 0 Å². The molecule has 1 aromatic carbocycles. The van der Waals surface area contributed by atoms with Crippen LogP contribution in [-0.4, -0.2) is 39.1 Å². The molecule has 0 aliphatic heterocycles. The van der Waals surface area contributed by atoms with Gasteiger partial charge in [-0.2, -0.15) is 0 Å². The van der Waals surface area contributed by atoms with E-state index in [1.807, 2.05) is 13.1 Å². The van der Waals surface area contributed by atoms with Crippen molar-refractivity contribution >= 4 is 0 Å². The van der Waals surface area contributed by atoms with Crippen molar-refractivity contribution in [3.8, 4) is 5.75 Å². The fourth-order valence-electron chi connectivity index (χ4n) is 2.62. The van der Waals surface area contributed by atoms with E-state index >= 15 is 0 Å². The second kappa shape index (κ2) is 16.7. The fraction of sp³-hybridized carbons (Fsp3) is 0.760. The molecule has 0 unspecified atom stereocenters. The number of hydrogen-bond donors (Lipinski definition) is 2. The van der Waals surface area contributed by atoms with Gasteiger partial charge in [0.2, 0.25) is 0 Å². The lowest BCUT2D eigenvalue weighted by molar-refractivity contribution is 0.0587. The van der Waals surface area contributed by atoms with E-state index in [0.29, 0.717) is 11.5 Å². The van der Waals surface area contributed by atoms with Crippen LogP contribution >= 0.6 is 0 Å². The third kappa shape index (κ3) is 13.7. The Morgan fingerprint density at radius 1 is 1.21 bits per heavy atom. The Bertz CT molecular complexity index is 503. The van der Waals surface area contributed by atoms with E-state index in [1.165, 1.54) is 37.7 Å². The van der Waals surface area contributed by atoms with Gasteiger partial charge in [0.25, 0.3) is 0 Å². The van der Waals surface area contributed by atoms with Gasteiger partial charge in [-0.25, -0.2) is 0 Å². The molecule has 0 saturated heterocycles. The van der Waals surface area contributed by atoms with Gasteiger partial charge < -0.3 is 19.9 Å². The molecular formula is C25H49NO3. The molecule has 0 radical (unpaired) electrons. The Kier molecular flexibility index (Phi) is 16.0. The summed E-state index contributed by atoms with van der Waals surface area (Å²) in [5, 5.41) is 10.3. The molecule has 2 rings (SSSR count). The summed E-state index contributed by atoms with van der Waals surface area (Å²) < 4.78 is 11.3. The minimum atomic E-state index is 0. The zero-order valence-electron chi connectivity index (χ0n) is 20.1. The Morgan fingerprint density at radius 2 is 1.90 bits per heavy atom. The van der Waals surface area contributed by atoms with Crippen molar-refractivity contribution in [2.24, 2.45) is 11.3 Å². The molecule has 1 fully saturated rings. The molecule has 0 spiro atoms. The molecule has 0 aromatic heterocycles. The Labute approximate surface area is 181 Å². The van der Waals surface area contributed by atoms with Crippen LogP contribution in [0.15, 0.2) is 24.3 Å². The standard InChI is InChI=1S/C14H21NO.C10H22O.CH4O.H2/c1-3-14(15-2)12-5-4-6-13(9-12)16-10-11-7-8-11;1-5-7-8-11-9-10(3,4)6-2;1-2;/h4-6,9,11,14-15H,3,7-8,10H2,1-2H3;5-9H2,1-4H3;2H,1H3;1H/t14-;;;/m1.../s1. The normalized spacial score (nSPS) is 14.2. The van der Waals surface area contributed by atoms with Crippen molar-refractivity contribution in [2.75, 3.05) is 34.0 Å². The summed E-state index contributed by atoms with van der Waals surface area (Å²) in [4.78, 5) is 0. The van der Waals surface area contributed by atoms with Gasteiger partial charge in [0.05, 0.1) is 13.2 Å². The maximum Gasteiger partial charge on any atom is 0.119 e. The minimum Gasteiger partial charge on any atom is -0.493 e. The first-order valence-electron chi connectivity index (χ1n) is 11.4. The first-order valence-corrected chi connectivity index (χ1v) is 11.4. The number of benzene rings is 1. The second-order valence-corrected chi connectivity index (χ2v) is 8.50. The van der Waals surface area contributed by atoms with Crippen LogP contribution in [0.4, 0.5) is 0 Å². The smallest absolute Gasteiger partial charge is 0.119 e. The number of rotatable bonds is 12.